The lowest BCUT2D eigenvalue weighted by Gasteiger charge is -2.11. The highest BCUT2D eigenvalue weighted by molar-refractivity contribution is 4.72. The number of quaternary nitrogens is 1. The molecule has 0 spiro atoms. The number of rotatable bonds is 20. The standard InChI is InChI=1S/C24H49NO2/c1-2-3-4-5-6-7-8-9-10-11-12-13-14-15-16-17-20-26-22-24-19-18-23(21-25)27-24/h23-24H,2-22,25H2,1H3/p+1/t23-,24-/m0/s1. The van der Waals surface area contributed by atoms with E-state index in [9.17, 15) is 0 Å². The summed E-state index contributed by atoms with van der Waals surface area (Å²) in [5, 5.41) is 0. The van der Waals surface area contributed by atoms with Crippen molar-refractivity contribution in [3.05, 3.63) is 0 Å². The van der Waals surface area contributed by atoms with E-state index in [1.165, 1.54) is 103 Å². The Balaban J connectivity index is 1.67. The van der Waals surface area contributed by atoms with Crippen LogP contribution in [0.4, 0.5) is 0 Å². The van der Waals surface area contributed by atoms with E-state index in [1.54, 1.807) is 0 Å². The second kappa shape index (κ2) is 19.2. The van der Waals surface area contributed by atoms with Crippen LogP contribution in [0.15, 0.2) is 0 Å². The molecular weight excluding hydrogens is 334 g/mol. The lowest BCUT2D eigenvalue weighted by Crippen LogP contribution is -2.55. The maximum atomic E-state index is 5.86. The molecule has 0 amide bonds. The van der Waals surface area contributed by atoms with Crippen LogP contribution in [-0.4, -0.2) is 32.0 Å². The van der Waals surface area contributed by atoms with E-state index in [0.717, 1.165) is 32.6 Å². The molecule has 0 unspecified atom stereocenters. The molecule has 0 bridgehead atoms. The minimum atomic E-state index is 0.331. The maximum Gasteiger partial charge on any atom is 0.107 e. The first-order valence-electron chi connectivity index (χ1n) is 12.4. The van der Waals surface area contributed by atoms with E-state index in [-0.39, 0.29) is 0 Å². The molecule has 0 aliphatic carbocycles. The minimum absolute atomic E-state index is 0.331. The van der Waals surface area contributed by atoms with E-state index in [2.05, 4.69) is 12.7 Å². The van der Waals surface area contributed by atoms with Crippen LogP contribution in [0.1, 0.15) is 122 Å². The third-order valence-corrected chi connectivity index (χ3v) is 5.96. The summed E-state index contributed by atoms with van der Waals surface area (Å²) in [6, 6.07) is 0. The van der Waals surface area contributed by atoms with Crippen molar-refractivity contribution in [1.82, 2.24) is 0 Å². The summed E-state index contributed by atoms with van der Waals surface area (Å²) in [4.78, 5) is 0. The third-order valence-electron chi connectivity index (χ3n) is 5.96. The molecule has 1 heterocycles. The second-order valence-corrected chi connectivity index (χ2v) is 8.62. The zero-order valence-corrected chi connectivity index (χ0v) is 18.5. The summed E-state index contributed by atoms with van der Waals surface area (Å²) in [6.07, 6.45) is 25.7. The molecule has 1 fully saturated rings. The first kappa shape index (κ1) is 24.9. The summed E-state index contributed by atoms with van der Waals surface area (Å²) in [6.45, 7) is 4.89. The molecular formula is C24H50NO2+. The van der Waals surface area contributed by atoms with Crippen LogP contribution in [0.2, 0.25) is 0 Å². The van der Waals surface area contributed by atoms with Crippen molar-refractivity contribution in [2.24, 2.45) is 0 Å². The average Bonchev–Trinajstić information content (AvgIpc) is 3.15. The third kappa shape index (κ3) is 15.5. The normalized spacial score (nSPS) is 19.8. The summed E-state index contributed by atoms with van der Waals surface area (Å²) >= 11 is 0. The zero-order chi connectivity index (χ0) is 19.4. The van der Waals surface area contributed by atoms with Gasteiger partial charge in [-0.15, -0.1) is 0 Å². The molecule has 3 N–H and O–H groups in total. The fourth-order valence-electron chi connectivity index (χ4n) is 4.08. The predicted molar refractivity (Wildman–Crippen MR) is 116 cm³/mol. The van der Waals surface area contributed by atoms with Crippen molar-refractivity contribution < 1.29 is 15.2 Å². The van der Waals surface area contributed by atoms with Crippen LogP contribution < -0.4 is 5.73 Å². The molecule has 0 aromatic carbocycles. The maximum absolute atomic E-state index is 5.86. The Morgan fingerprint density at radius 2 is 1.11 bits per heavy atom. The Hall–Kier alpha value is -0.120. The Morgan fingerprint density at radius 3 is 1.56 bits per heavy atom. The van der Waals surface area contributed by atoms with Crippen LogP contribution in [0.3, 0.4) is 0 Å². The fraction of sp³-hybridized carbons (Fsp3) is 1.00. The van der Waals surface area contributed by atoms with E-state index < -0.39 is 0 Å². The molecule has 1 saturated heterocycles. The average molecular weight is 385 g/mol. The van der Waals surface area contributed by atoms with Crippen molar-refractivity contribution in [2.45, 2.75) is 135 Å². The first-order chi connectivity index (χ1) is 13.4. The quantitative estimate of drug-likeness (QED) is 0.260. The van der Waals surface area contributed by atoms with Gasteiger partial charge in [-0.3, -0.25) is 0 Å². The van der Waals surface area contributed by atoms with Gasteiger partial charge in [0.25, 0.3) is 0 Å². The van der Waals surface area contributed by atoms with Crippen LogP contribution in [0.25, 0.3) is 0 Å². The number of unbranched alkanes of at least 4 members (excludes halogenated alkanes) is 15. The lowest BCUT2D eigenvalue weighted by atomic mass is 10.0. The molecule has 0 saturated carbocycles. The predicted octanol–water partition coefficient (Wildman–Crippen LogP) is 6.05. The summed E-state index contributed by atoms with van der Waals surface area (Å²) in [5.74, 6) is 0. The van der Waals surface area contributed by atoms with Gasteiger partial charge in [0.05, 0.1) is 12.7 Å². The van der Waals surface area contributed by atoms with Crippen molar-refractivity contribution in [3.63, 3.8) is 0 Å². The van der Waals surface area contributed by atoms with Gasteiger partial charge in [0.1, 0.15) is 12.6 Å². The SMILES string of the molecule is CCCCCCCCCCCCCCCCCCOC[C@@H]1CC[C@@H](C[NH3+])O1. The van der Waals surface area contributed by atoms with Crippen LogP contribution in [0, 0.1) is 0 Å². The van der Waals surface area contributed by atoms with Crippen LogP contribution in [-0.2, 0) is 9.47 Å². The van der Waals surface area contributed by atoms with Crippen molar-refractivity contribution in [2.75, 3.05) is 19.8 Å². The molecule has 1 rings (SSSR count). The Morgan fingerprint density at radius 1 is 0.667 bits per heavy atom. The van der Waals surface area contributed by atoms with Gasteiger partial charge in [0, 0.05) is 6.61 Å². The second-order valence-electron chi connectivity index (χ2n) is 8.62. The van der Waals surface area contributed by atoms with Gasteiger partial charge < -0.3 is 15.2 Å². The van der Waals surface area contributed by atoms with E-state index in [0.29, 0.717) is 12.2 Å². The summed E-state index contributed by atoms with van der Waals surface area (Å²) < 4.78 is 11.6. The van der Waals surface area contributed by atoms with Crippen LogP contribution >= 0.6 is 0 Å². The molecule has 0 aromatic rings. The largest absolute Gasteiger partial charge is 0.379 e. The topological polar surface area (TPSA) is 46.1 Å². The van der Waals surface area contributed by atoms with Crippen molar-refractivity contribution in [3.8, 4) is 0 Å². The fourth-order valence-corrected chi connectivity index (χ4v) is 4.08. The minimum Gasteiger partial charge on any atom is -0.379 e. The molecule has 1 aliphatic rings. The number of ether oxygens (including phenoxy) is 2. The Labute approximate surface area is 170 Å². The Bertz CT molecular complexity index is 298. The van der Waals surface area contributed by atoms with E-state index in [4.69, 9.17) is 9.47 Å². The van der Waals surface area contributed by atoms with Crippen molar-refractivity contribution >= 4 is 0 Å². The monoisotopic (exact) mass is 384 g/mol. The zero-order valence-electron chi connectivity index (χ0n) is 18.5. The van der Waals surface area contributed by atoms with Gasteiger partial charge in [-0.05, 0) is 19.3 Å². The highest BCUT2D eigenvalue weighted by Gasteiger charge is 2.25. The number of hydrogen-bond donors (Lipinski definition) is 1. The number of hydrogen-bond acceptors (Lipinski definition) is 2. The van der Waals surface area contributed by atoms with Gasteiger partial charge in [-0.1, -0.05) is 103 Å². The molecule has 2 atom stereocenters. The molecule has 162 valence electrons. The Kier molecular flexibility index (Phi) is 17.7. The highest BCUT2D eigenvalue weighted by atomic mass is 16.5. The molecule has 3 nitrogen and oxygen atoms in total. The smallest absolute Gasteiger partial charge is 0.107 e. The van der Waals surface area contributed by atoms with Gasteiger partial charge in [0.2, 0.25) is 0 Å². The molecule has 3 heteroatoms. The highest BCUT2D eigenvalue weighted by Crippen LogP contribution is 2.19. The van der Waals surface area contributed by atoms with E-state index in [1.807, 2.05) is 0 Å². The van der Waals surface area contributed by atoms with Gasteiger partial charge in [-0.25, -0.2) is 0 Å². The van der Waals surface area contributed by atoms with Gasteiger partial charge >= 0.3 is 0 Å². The molecule has 0 radical (unpaired) electrons. The van der Waals surface area contributed by atoms with Gasteiger partial charge in [-0.2, -0.15) is 0 Å². The van der Waals surface area contributed by atoms with Gasteiger partial charge in [0.15, 0.2) is 0 Å². The molecule has 27 heavy (non-hydrogen) atoms. The van der Waals surface area contributed by atoms with Crippen molar-refractivity contribution in [1.29, 1.82) is 0 Å². The van der Waals surface area contributed by atoms with Crippen LogP contribution in [0.5, 0.6) is 0 Å². The summed E-state index contributed by atoms with van der Waals surface area (Å²) in [7, 11) is 0. The lowest BCUT2D eigenvalue weighted by molar-refractivity contribution is -0.385. The van der Waals surface area contributed by atoms with E-state index >= 15 is 0 Å². The molecule has 1 aliphatic heterocycles. The first-order valence-corrected chi connectivity index (χ1v) is 12.4. The molecule has 0 aromatic heterocycles. The summed E-state index contributed by atoms with van der Waals surface area (Å²) in [5.41, 5.74) is 3.92.